The first-order chi connectivity index (χ1) is 14.3. The summed E-state index contributed by atoms with van der Waals surface area (Å²) in [7, 11) is 0. The largest absolute Gasteiger partial charge is 0.351 e. The highest BCUT2D eigenvalue weighted by atomic mass is 16.1. The van der Waals surface area contributed by atoms with Gasteiger partial charge >= 0.3 is 0 Å². The number of para-hydroxylation sites is 2. The molecule has 29 heavy (non-hydrogen) atoms. The van der Waals surface area contributed by atoms with Crippen molar-refractivity contribution in [3.8, 4) is 0 Å². The van der Waals surface area contributed by atoms with Crippen LogP contribution >= 0.6 is 0 Å². The molecule has 2 aliphatic rings. The molecule has 3 aromatic rings. The van der Waals surface area contributed by atoms with E-state index in [4.69, 9.17) is 4.98 Å². The lowest BCUT2D eigenvalue weighted by Crippen LogP contribution is -2.38. The Hall–Kier alpha value is -2.82. The fourth-order valence-corrected chi connectivity index (χ4v) is 4.90. The molecule has 1 N–H and O–H groups in total. The van der Waals surface area contributed by atoms with Crippen LogP contribution in [0.15, 0.2) is 54.6 Å². The first-order valence-electron chi connectivity index (χ1n) is 10.8. The molecule has 0 bridgehead atoms. The molecule has 0 radical (unpaired) electrons. The van der Waals surface area contributed by atoms with Gasteiger partial charge in [-0.3, -0.25) is 4.79 Å². The van der Waals surface area contributed by atoms with Gasteiger partial charge in [-0.15, -0.1) is 0 Å². The summed E-state index contributed by atoms with van der Waals surface area (Å²) in [5.41, 5.74) is 3.37. The van der Waals surface area contributed by atoms with Crippen molar-refractivity contribution in [3.63, 3.8) is 0 Å². The van der Waals surface area contributed by atoms with Gasteiger partial charge in [0.05, 0.1) is 17.5 Å². The first-order valence-corrected chi connectivity index (χ1v) is 10.8. The summed E-state index contributed by atoms with van der Waals surface area (Å²) in [6.07, 6.45) is 6.48. The lowest BCUT2D eigenvalue weighted by atomic mass is 10.1. The number of nitrogens with zero attached hydrogens (tertiary/aromatic N) is 3. The molecular weight excluding hydrogens is 360 g/mol. The van der Waals surface area contributed by atoms with Gasteiger partial charge in [0, 0.05) is 25.2 Å². The van der Waals surface area contributed by atoms with E-state index in [0.717, 1.165) is 36.5 Å². The molecule has 2 fully saturated rings. The van der Waals surface area contributed by atoms with E-state index in [1.807, 2.05) is 30.3 Å². The number of aromatic nitrogens is 2. The van der Waals surface area contributed by atoms with E-state index < -0.39 is 0 Å². The molecule has 5 nitrogen and oxygen atoms in total. The lowest BCUT2D eigenvalue weighted by Gasteiger charge is -2.23. The van der Waals surface area contributed by atoms with Crippen LogP contribution in [0.3, 0.4) is 0 Å². The zero-order valence-electron chi connectivity index (χ0n) is 16.8. The van der Waals surface area contributed by atoms with Crippen molar-refractivity contribution in [3.05, 3.63) is 60.2 Å². The lowest BCUT2D eigenvalue weighted by molar-refractivity contribution is -0.121. The average Bonchev–Trinajstić information content (AvgIpc) is 3.47. The molecule has 5 heteroatoms. The summed E-state index contributed by atoms with van der Waals surface area (Å²) in [6, 6.07) is 19.2. The summed E-state index contributed by atoms with van der Waals surface area (Å²) in [5, 5.41) is 3.23. The number of rotatable bonds is 5. The normalized spacial score (nSPS) is 19.9. The average molecular weight is 389 g/mol. The highest BCUT2D eigenvalue weighted by Gasteiger charge is 2.30. The molecule has 1 saturated carbocycles. The van der Waals surface area contributed by atoms with Crippen molar-refractivity contribution in [2.24, 2.45) is 0 Å². The van der Waals surface area contributed by atoms with Crippen LogP contribution in [0.2, 0.25) is 0 Å². The van der Waals surface area contributed by atoms with Crippen LogP contribution in [-0.2, 0) is 11.2 Å². The maximum Gasteiger partial charge on any atom is 0.224 e. The first kappa shape index (κ1) is 18.2. The molecule has 1 atom stereocenters. The van der Waals surface area contributed by atoms with Crippen molar-refractivity contribution >= 4 is 22.9 Å². The van der Waals surface area contributed by atoms with Crippen molar-refractivity contribution < 1.29 is 4.79 Å². The van der Waals surface area contributed by atoms with E-state index >= 15 is 0 Å². The van der Waals surface area contributed by atoms with Crippen molar-refractivity contribution in [2.45, 2.75) is 50.6 Å². The highest BCUT2D eigenvalue weighted by molar-refractivity contribution is 5.80. The standard InChI is InChI=1S/C24H28N4O/c29-23(16-18-8-2-1-3-9-18)25-19-14-15-27(17-19)24-26-21-12-6-7-13-22(21)28(24)20-10-4-5-11-20/h1-3,6-9,12-13,19-20H,4-5,10-11,14-17H2,(H,25,29). The number of benzene rings is 2. The minimum Gasteiger partial charge on any atom is -0.351 e. The minimum atomic E-state index is 0.104. The molecule has 5 rings (SSSR count). The Morgan fingerprint density at radius 3 is 2.59 bits per heavy atom. The number of anilines is 1. The molecule has 0 spiro atoms. The Bertz CT molecular complexity index is 991. The van der Waals surface area contributed by atoms with E-state index in [2.05, 4.69) is 39.0 Å². The van der Waals surface area contributed by atoms with Crippen LogP contribution < -0.4 is 10.2 Å². The molecule has 1 unspecified atom stereocenters. The van der Waals surface area contributed by atoms with Crippen molar-refractivity contribution in [2.75, 3.05) is 18.0 Å². The third-order valence-electron chi connectivity index (χ3n) is 6.31. The molecular formula is C24H28N4O. The maximum absolute atomic E-state index is 12.5. The van der Waals surface area contributed by atoms with Crippen LogP contribution in [0, 0.1) is 0 Å². The summed E-state index contributed by atoms with van der Waals surface area (Å²) >= 11 is 0. The van der Waals surface area contributed by atoms with E-state index in [-0.39, 0.29) is 11.9 Å². The zero-order chi connectivity index (χ0) is 19.6. The summed E-state index contributed by atoms with van der Waals surface area (Å²) < 4.78 is 2.47. The monoisotopic (exact) mass is 388 g/mol. The topological polar surface area (TPSA) is 50.2 Å². The predicted octanol–water partition coefficient (Wildman–Crippen LogP) is 4.09. The molecule has 1 amide bonds. The number of imidazole rings is 1. The van der Waals surface area contributed by atoms with Crippen LogP contribution in [0.5, 0.6) is 0 Å². The molecule has 1 saturated heterocycles. The number of nitrogens with one attached hydrogen (secondary N) is 1. The number of hydrogen-bond donors (Lipinski definition) is 1. The van der Waals surface area contributed by atoms with Crippen LogP contribution in [0.25, 0.3) is 11.0 Å². The van der Waals surface area contributed by atoms with Gasteiger partial charge in [0.25, 0.3) is 0 Å². The van der Waals surface area contributed by atoms with E-state index in [9.17, 15) is 4.79 Å². The molecule has 150 valence electrons. The van der Waals surface area contributed by atoms with E-state index in [0.29, 0.717) is 12.5 Å². The number of carbonyl (C=O) groups excluding carboxylic acids is 1. The third-order valence-corrected chi connectivity index (χ3v) is 6.31. The summed E-state index contributed by atoms with van der Waals surface area (Å²) in [4.78, 5) is 19.8. The Balaban J connectivity index is 1.31. The Morgan fingerprint density at radius 1 is 1.00 bits per heavy atom. The SMILES string of the molecule is O=C(Cc1ccccc1)NC1CCN(c2nc3ccccc3n2C2CCCC2)C1. The second-order valence-electron chi connectivity index (χ2n) is 8.37. The second-order valence-corrected chi connectivity index (χ2v) is 8.37. The van der Waals surface area contributed by atoms with Gasteiger partial charge in [0.2, 0.25) is 11.9 Å². The van der Waals surface area contributed by atoms with Gasteiger partial charge < -0.3 is 14.8 Å². The summed E-state index contributed by atoms with van der Waals surface area (Å²) in [5.74, 6) is 1.19. The molecule has 2 heterocycles. The zero-order valence-corrected chi connectivity index (χ0v) is 16.8. The molecule has 1 aliphatic carbocycles. The fraction of sp³-hybridized carbons (Fsp3) is 0.417. The van der Waals surface area contributed by atoms with E-state index in [1.54, 1.807) is 0 Å². The van der Waals surface area contributed by atoms with Crippen molar-refractivity contribution in [1.29, 1.82) is 0 Å². The molecule has 2 aromatic carbocycles. The third kappa shape index (κ3) is 3.74. The Labute approximate surface area is 171 Å². The van der Waals surface area contributed by atoms with Crippen LogP contribution in [-0.4, -0.2) is 34.6 Å². The number of hydrogen-bond acceptors (Lipinski definition) is 3. The molecule has 1 aromatic heterocycles. The van der Waals surface area contributed by atoms with Gasteiger partial charge in [-0.2, -0.15) is 0 Å². The molecule has 1 aliphatic heterocycles. The highest BCUT2D eigenvalue weighted by Crippen LogP contribution is 2.37. The number of fused-ring (bicyclic) bond motifs is 1. The summed E-state index contributed by atoms with van der Waals surface area (Å²) in [6.45, 7) is 1.77. The van der Waals surface area contributed by atoms with Crippen molar-refractivity contribution in [1.82, 2.24) is 14.9 Å². The van der Waals surface area contributed by atoms with Gasteiger partial charge in [-0.25, -0.2) is 4.98 Å². The van der Waals surface area contributed by atoms with Gasteiger partial charge in [-0.05, 0) is 37.0 Å². The second kappa shape index (κ2) is 7.90. The number of carbonyl (C=O) groups is 1. The Kier molecular flexibility index (Phi) is 4.96. The quantitative estimate of drug-likeness (QED) is 0.716. The minimum absolute atomic E-state index is 0.104. The fourth-order valence-electron chi connectivity index (χ4n) is 4.90. The Morgan fingerprint density at radius 2 is 1.76 bits per heavy atom. The van der Waals surface area contributed by atoms with Crippen LogP contribution in [0.4, 0.5) is 5.95 Å². The van der Waals surface area contributed by atoms with Gasteiger partial charge in [0.15, 0.2) is 0 Å². The van der Waals surface area contributed by atoms with Crippen LogP contribution in [0.1, 0.15) is 43.7 Å². The van der Waals surface area contributed by atoms with Gasteiger partial charge in [-0.1, -0.05) is 55.3 Å². The smallest absolute Gasteiger partial charge is 0.224 e. The maximum atomic E-state index is 12.5. The predicted molar refractivity (Wildman–Crippen MR) is 116 cm³/mol. The van der Waals surface area contributed by atoms with Gasteiger partial charge in [0.1, 0.15) is 0 Å². The van der Waals surface area contributed by atoms with E-state index in [1.165, 1.54) is 31.2 Å². The number of amides is 1.